The highest BCUT2D eigenvalue weighted by atomic mass is 16.7. The quantitative estimate of drug-likeness (QED) is 0.182. The smallest absolute Gasteiger partial charge is 0.350 e. The van der Waals surface area contributed by atoms with Crippen LogP contribution in [0.15, 0.2) is 30.3 Å². The number of esters is 4. The van der Waals surface area contributed by atoms with Gasteiger partial charge in [-0.3, -0.25) is 9.59 Å². The molecule has 10 nitrogen and oxygen atoms in total. The SMILES string of the molecule is CCOC(=O)C(Cc1ccccc1)(OC[C@H]1OC[C@H](OC(C)=O)[C@]1(C#CC1CC1)OC(C)=O)C(=O)OCC. The molecular weight excluding hydrogens is 496 g/mol. The van der Waals surface area contributed by atoms with Crippen LogP contribution >= 0.6 is 0 Å². The fourth-order valence-corrected chi connectivity index (χ4v) is 4.14. The van der Waals surface area contributed by atoms with Crippen LogP contribution in [0, 0.1) is 17.8 Å². The number of benzene rings is 1. The monoisotopic (exact) mass is 530 g/mol. The molecule has 0 unspecified atom stereocenters. The summed E-state index contributed by atoms with van der Waals surface area (Å²) >= 11 is 0. The lowest BCUT2D eigenvalue weighted by Crippen LogP contribution is -2.57. The van der Waals surface area contributed by atoms with Crippen molar-refractivity contribution in [1.29, 1.82) is 0 Å². The molecule has 0 radical (unpaired) electrons. The Kier molecular flexibility index (Phi) is 9.89. The minimum Gasteiger partial charge on any atom is -0.463 e. The molecule has 1 aliphatic heterocycles. The summed E-state index contributed by atoms with van der Waals surface area (Å²) in [5.74, 6) is 3.02. The summed E-state index contributed by atoms with van der Waals surface area (Å²) in [7, 11) is 0. The summed E-state index contributed by atoms with van der Waals surface area (Å²) in [6.07, 6.45) is -0.525. The first-order chi connectivity index (χ1) is 18.2. The topological polar surface area (TPSA) is 124 Å². The zero-order valence-corrected chi connectivity index (χ0v) is 22.2. The maximum absolute atomic E-state index is 13.3. The Morgan fingerprint density at radius 2 is 1.63 bits per heavy atom. The summed E-state index contributed by atoms with van der Waals surface area (Å²) in [6.45, 7) is 5.09. The van der Waals surface area contributed by atoms with E-state index in [0.717, 1.165) is 12.8 Å². The molecule has 0 bridgehead atoms. The lowest BCUT2D eigenvalue weighted by Gasteiger charge is -2.35. The Hall–Kier alpha value is -3.42. The molecule has 10 heteroatoms. The lowest BCUT2D eigenvalue weighted by molar-refractivity contribution is -0.200. The third kappa shape index (κ3) is 6.91. The maximum atomic E-state index is 13.3. The number of rotatable bonds is 11. The van der Waals surface area contributed by atoms with Crippen LogP contribution in [0.1, 0.15) is 46.1 Å². The molecule has 2 fully saturated rings. The average Bonchev–Trinajstić information content (AvgIpc) is 3.65. The molecule has 3 atom stereocenters. The first kappa shape index (κ1) is 29.1. The first-order valence-electron chi connectivity index (χ1n) is 12.7. The van der Waals surface area contributed by atoms with Gasteiger partial charge in [-0.05, 0) is 38.2 Å². The van der Waals surface area contributed by atoms with Gasteiger partial charge >= 0.3 is 23.9 Å². The molecule has 1 saturated heterocycles. The summed E-state index contributed by atoms with van der Waals surface area (Å²) in [5.41, 5.74) is -3.26. The second-order valence-electron chi connectivity index (χ2n) is 9.09. The van der Waals surface area contributed by atoms with Crippen molar-refractivity contribution in [1.82, 2.24) is 0 Å². The van der Waals surface area contributed by atoms with Crippen molar-refractivity contribution in [3.05, 3.63) is 35.9 Å². The van der Waals surface area contributed by atoms with E-state index in [1.807, 2.05) is 0 Å². The van der Waals surface area contributed by atoms with E-state index in [4.69, 9.17) is 28.4 Å². The zero-order valence-electron chi connectivity index (χ0n) is 22.2. The Morgan fingerprint density at radius 1 is 1.00 bits per heavy atom. The highest BCUT2D eigenvalue weighted by Gasteiger charge is 2.59. The van der Waals surface area contributed by atoms with E-state index >= 15 is 0 Å². The predicted octanol–water partition coefficient (Wildman–Crippen LogP) is 2.16. The third-order valence-electron chi connectivity index (χ3n) is 6.06. The van der Waals surface area contributed by atoms with Crippen molar-refractivity contribution >= 4 is 23.9 Å². The number of carbonyl (C=O) groups is 4. The van der Waals surface area contributed by atoms with Crippen LogP contribution in [0.3, 0.4) is 0 Å². The van der Waals surface area contributed by atoms with E-state index in [-0.39, 0.29) is 32.2 Å². The van der Waals surface area contributed by atoms with E-state index < -0.39 is 53.9 Å². The molecule has 1 aromatic rings. The number of ether oxygens (including phenoxy) is 6. The van der Waals surface area contributed by atoms with Crippen molar-refractivity contribution < 1.29 is 47.6 Å². The molecule has 38 heavy (non-hydrogen) atoms. The number of hydrogen-bond acceptors (Lipinski definition) is 10. The largest absolute Gasteiger partial charge is 0.463 e. The molecule has 1 aromatic carbocycles. The standard InChI is InChI=1S/C28H34O10/c1-5-33-25(31)28(26(32)34-6-2,16-22-10-8-7-9-11-22)36-18-23-27(38-20(4)30,15-14-21-12-13-21)24(17-35-23)37-19(3)29/h7-11,21,23-24H,5-6,12-13,16-18H2,1-4H3/t23-,24+,27-/m1/s1. The Labute approximate surface area is 222 Å². The Balaban J connectivity index is 2.01. The van der Waals surface area contributed by atoms with Gasteiger partial charge in [-0.25, -0.2) is 9.59 Å². The molecular formula is C28H34O10. The average molecular weight is 531 g/mol. The van der Waals surface area contributed by atoms with E-state index in [9.17, 15) is 19.2 Å². The summed E-state index contributed by atoms with van der Waals surface area (Å²) in [6, 6.07) is 8.81. The minimum absolute atomic E-state index is 0.00313. The minimum atomic E-state index is -2.18. The van der Waals surface area contributed by atoms with Crippen LogP contribution in [0.25, 0.3) is 0 Å². The van der Waals surface area contributed by atoms with E-state index in [1.165, 1.54) is 13.8 Å². The number of hydrogen-bond donors (Lipinski definition) is 0. The molecule has 0 amide bonds. The Bertz CT molecular complexity index is 1050. The zero-order chi connectivity index (χ0) is 27.8. The molecule has 1 heterocycles. The first-order valence-corrected chi connectivity index (χ1v) is 12.7. The van der Waals surface area contributed by atoms with Gasteiger partial charge in [-0.2, -0.15) is 0 Å². The van der Waals surface area contributed by atoms with Crippen LogP contribution in [-0.2, 0) is 54.0 Å². The molecule has 1 saturated carbocycles. The molecule has 0 spiro atoms. The van der Waals surface area contributed by atoms with Crippen molar-refractivity contribution in [2.75, 3.05) is 26.4 Å². The second-order valence-corrected chi connectivity index (χ2v) is 9.09. The van der Waals surface area contributed by atoms with Gasteiger partial charge in [-0.1, -0.05) is 36.3 Å². The maximum Gasteiger partial charge on any atom is 0.350 e. The van der Waals surface area contributed by atoms with Gasteiger partial charge in [0.05, 0.1) is 26.4 Å². The van der Waals surface area contributed by atoms with Gasteiger partial charge in [-0.15, -0.1) is 0 Å². The van der Waals surface area contributed by atoms with Gasteiger partial charge in [0.25, 0.3) is 5.60 Å². The van der Waals surface area contributed by atoms with Gasteiger partial charge in [0.1, 0.15) is 6.10 Å². The van der Waals surface area contributed by atoms with Crippen molar-refractivity contribution in [2.24, 2.45) is 5.92 Å². The van der Waals surface area contributed by atoms with Crippen LogP contribution < -0.4 is 0 Å². The highest BCUT2D eigenvalue weighted by molar-refractivity contribution is 6.04. The second kappa shape index (κ2) is 12.9. The van der Waals surface area contributed by atoms with Gasteiger partial charge in [0.2, 0.25) is 5.60 Å². The number of carbonyl (C=O) groups excluding carboxylic acids is 4. The molecule has 0 N–H and O–H groups in total. The van der Waals surface area contributed by atoms with Gasteiger partial charge in [0, 0.05) is 26.2 Å². The molecule has 0 aromatic heterocycles. The predicted molar refractivity (Wildman–Crippen MR) is 132 cm³/mol. The van der Waals surface area contributed by atoms with E-state index in [2.05, 4.69) is 11.8 Å². The molecule has 3 rings (SSSR count). The fourth-order valence-electron chi connectivity index (χ4n) is 4.14. The third-order valence-corrected chi connectivity index (χ3v) is 6.06. The van der Waals surface area contributed by atoms with Crippen LogP contribution in [0.4, 0.5) is 0 Å². The lowest BCUT2D eigenvalue weighted by atomic mass is 9.91. The van der Waals surface area contributed by atoms with Gasteiger partial charge in [0.15, 0.2) is 6.10 Å². The van der Waals surface area contributed by atoms with E-state index in [1.54, 1.807) is 44.2 Å². The summed E-state index contributed by atoms with van der Waals surface area (Å²) in [5, 5.41) is 0. The van der Waals surface area contributed by atoms with Gasteiger partial charge < -0.3 is 28.4 Å². The normalized spacial score (nSPS) is 22.5. The van der Waals surface area contributed by atoms with Crippen molar-refractivity contribution in [3.63, 3.8) is 0 Å². The Morgan fingerprint density at radius 3 is 2.16 bits per heavy atom. The van der Waals surface area contributed by atoms with E-state index in [0.29, 0.717) is 5.56 Å². The van der Waals surface area contributed by atoms with Crippen LogP contribution in [0.5, 0.6) is 0 Å². The van der Waals surface area contributed by atoms with Crippen molar-refractivity contribution in [3.8, 4) is 11.8 Å². The van der Waals surface area contributed by atoms with Crippen LogP contribution in [-0.4, -0.2) is 73.7 Å². The van der Waals surface area contributed by atoms with Crippen LogP contribution in [0.2, 0.25) is 0 Å². The summed E-state index contributed by atoms with van der Waals surface area (Å²) < 4.78 is 33.6. The molecule has 1 aliphatic carbocycles. The summed E-state index contributed by atoms with van der Waals surface area (Å²) in [4.78, 5) is 50.6. The molecule has 206 valence electrons. The highest BCUT2D eigenvalue weighted by Crippen LogP contribution is 2.36. The van der Waals surface area contributed by atoms with Crippen molar-refractivity contribution in [2.45, 2.75) is 70.4 Å². The fraction of sp³-hybridized carbons (Fsp3) is 0.571. The molecule has 2 aliphatic rings.